The summed E-state index contributed by atoms with van der Waals surface area (Å²) in [4.78, 5) is 32.7. The quantitative estimate of drug-likeness (QED) is 0.792. The van der Waals surface area contributed by atoms with Crippen molar-refractivity contribution in [3.8, 4) is 0 Å². The number of carbonyl (C=O) groups excluding carboxylic acids is 1. The van der Waals surface area contributed by atoms with E-state index in [2.05, 4.69) is 13.8 Å². The molecule has 5 heteroatoms. The number of rotatable bonds is 6. The highest BCUT2D eigenvalue weighted by atomic mass is 16.2. The van der Waals surface area contributed by atoms with Gasteiger partial charge in [0, 0.05) is 19.5 Å². The predicted molar refractivity (Wildman–Crippen MR) is 104 cm³/mol. The lowest BCUT2D eigenvalue weighted by atomic mass is 10.0. The molecule has 5 nitrogen and oxygen atoms in total. The van der Waals surface area contributed by atoms with Crippen LogP contribution in [0.4, 0.5) is 0 Å². The maximum absolute atomic E-state index is 13.2. The Labute approximate surface area is 155 Å². The molecule has 0 bridgehead atoms. The molecule has 0 N–H and O–H groups in total. The first-order valence-corrected chi connectivity index (χ1v) is 9.84. The summed E-state index contributed by atoms with van der Waals surface area (Å²) in [6.45, 7) is 4.86. The lowest BCUT2D eigenvalue weighted by Crippen LogP contribution is -2.41. The number of hydrogen-bond donors (Lipinski definition) is 0. The summed E-state index contributed by atoms with van der Waals surface area (Å²) >= 11 is 0. The highest BCUT2D eigenvalue weighted by molar-refractivity contribution is 5.80. The maximum atomic E-state index is 13.2. The second-order valence-electron chi connectivity index (χ2n) is 7.29. The molecule has 0 aliphatic heterocycles. The summed E-state index contributed by atoms with van der Waals surface area (Å²) in [6.07, 6.45) is 5.90. The Morgan fingerprint density at radius 2 is 1.96 bits per heavy atom. The van der Waals surface area contributed by atoms with E-state index in [0.717, 1.165) is 38.5 Å². The van der Waals surface area contributed by atoms with Crippen LogP contribution in [0.15, 0.2) is 29.1 Å². The van der Waals surface area contributed by atoms with Crippen molar-refractivity contribution in [2.75, 3.05) is 6.54 Å². The number of carbonyl (C=O) groups is 1. The molecule has 1 fully saturated rings. The third-order valence-electron chi connectivity index (χ3n) is 5.53. The SMILES string of the molecule is CCCN(C(=O)C1CCCC1)C(CC)c1nc2ccccc2c(=O)n1C. The zero-order valence-corrected chi connectivity index (χ0v) is 16.1. The third kappa shape index (κ3) is 3.39. The average molecular weight is 355 g/mol. The summed E-state index contributed by atoms with van der Waals surface area (Å²) in [5.41, 5.74) is 0.655. The highest BCUT2D eigenvalue weighted by Gasteiger charge is 2.32. The van der Waals surface area contributed by atoms with E-state index in [1.165, 1.54) is 0 Å². The molecule has 0 radical (unpaired) electrons. The molecule has 2 aromatic rings. The van der Waals surface area contributed by atoms with Crippen LogP contribution in [0.2, 0.25) is 0 Å². The van der Waals surface area contributed by atoms with Crippen molar-refractivity contribution in [3.63, 3.8) is 0 Å². The van der Waals surface area contributed by atoms with Crippen LogP contribution >= 0.6 is 0 Å². The normalized spacial score (nSPS) is 16.1. The second kappa shape index (κ2) is 8.02. The van der Waals surface area contributed by atoms with E-state index in [-0.39, 0.29) is 23.4 Å². The molecule has 1 saturated carbocycles. The van der Waals surface area contributed by atoms with Gasteiger partial charge in [-0.15, -0.1) is 0 Å². The monoisotopic (exact) mass is 355 g/mol. The van der Waals surface area contributed by atoms with E-state index < -0.39 is 0 Å². The molecule has 140 valence electrons. The standard InChI is InChI=1S/C21H29N3O2/c1-4-14-24(20(25)15-10-6-7-11-15)18(5-2)19-22-17-13-9-8-12-16(17)21(26)23(19)3/h8-9,12-13,15,18H,4-7,10-11,14H2,1-3H3. The average Bonchev–Trinajstić information content (AvgIpc) is 3.19. The number of para-hydroxylation sites is 1. The van der Waals surface area contributed by atoms with Crippen LogP contribution in [0.25, 0.3) is 10.9 Å². The molecule has 1 amide bonds. The van der Waals surface area contributed by atoms with Gasteiger partial charge >= 0.3 is 0 Å². The van der Waals surface area contributed by atoms with Gasteiger partial charge in [-0.3, -0.25) is 14.2 Å². The molecule has 26 heavy (non-hydrogen) atoms. The fourth-order valence-electron chi connectivity index (χ4n) is 4.14. The molecule has 1 aliphatic carbocycles. The van der Waals surface area contributed by atoms with Gasteiger partial charge < -0.3 is 4.90 Å². The van der Waals surface area contributed by atoms with Gasteiger partial charge in [-0.1, -0.05) is 38.8 Å². The van der Waals surface area contributed by atoms with Gasteiger partial charge in [0.15, 0.2) is 0 Å². The minimum Gasteiger partial charge on any atom is -0.332 e. The summed E-state index contributed by atoms with van der Waals surface area (Å²) in [5.74, 6) is 1.06. The Morgan fingerprint density at radius 3 is 2.62 bits per heavy atom. The van der Waals surface area contributed by atoms with Crippen LogP contribution in [0.3, 0.4) is 0 Å². The van der Waals surface area contributed by atoms with Gasteiger partial charge in [-0.25, -0.2) is 4.98 Å². The Bertz CT molecular complexity index is 837. The summed E-state index contributed by atoms with van der Waals surface area (Å²) in [5, 5.41) is 0.623. The molecular weight excluding hydrogens is 326 g/mol. The molecule has 3 rings (SSSR count). The summed E-state index contributed by atoms with van der Waals surface area (Å²) in [6, 6.07) is 7.27. The largest absolute Gasteiger partial charge is 0.332 e. The van der Waals surface area contributed by atoms with Crippen LogP contribution in [0, 0.1) is 5.92 Å². The van der Waals surface area contributed by atoms with E-state index in [9.17, 15) is 9.59 Å². The van der Waals surface area contributed by atoms with Gasteiger partial charge in [-0.2, -0.15) is 0 Å². The second-order valence-corrected chi connectivity index (χ2v) is 7.29. The van der Waals surface area contributed by atoms with Crippen molar-refractivity contribution >= 4 is 16.8 Å². The molecular formula is C21H29N3O2. The Kier molecular flexibility index (Phi) is 5.74. The first kappa shape index (κ1) is 18.6. The summed E-state index contributed by atoms with van der Waals surface area (Å²) in [7, 11) is 1.77. The highest BCUT2D eigenvalue weighted by Crippen LogP contribution is 2.31. The summed E-state index contributed by atoms with van der Waals surface area (Å²) < 4.78 is 1.63. The van der Waals surface area contributed by atoms with Gasteiger partial charge in [-0.05, 0) is 37.8 Å². The van der Waals surface area contributed by atoms with Crippen molar-refractivity contribution in [2.45, 2.75) is 58.4 Å². The first-order valence-electron chi connectivity index (χ1n) is 9.84. The molecule has 1 unspecified atom stereocenters. The van der Waals surface area contributed by atoms with Crippen molar-refractivity contribution in [1.82, 2.24) is 14.5 Å². The topological polar surface area (TPSA) is 55.2 Å². The van der Waals surface area contributed by atoms with Gasteiger partial charge in [0.05, 0.1) is 16.9 Å². The number of benzene rings is 1. The first-order chi connectivity index (χ1) is 12.6. The van der Waals surface area contributed by atoms with Crippen LogP contribution in [-0.2, 0) is 11.8 Å². The van der Waals surface area contributed by atoms with Crippen LogP contribution in [0.1, 0.15) is 64.2 Å². The Balaban J connectivity index is 2.05. The molecule has 0 saturated heterocycles. The molecule has 1 heterocycles. The number of amides is 1. The van der Waals surface area contributed by atoms with Crippen LogP contribution in [-0.4, -0.2) is 26.9 Å². The minimum absolute atomic E-state index is 0.0474. The van der Waals surface area contributed by atoms with Gasteiger partial charge in [0.2, 0.25) is 5.91 Å². The number of hydrogen-bond acceptors (Lipinski definition) is 3. The Morgan fingerprint density at radius 1 is 1.27 bits per heavy atom. The molecule has 1 aromatic heterocycles. The van der Waals surface area contributed by atoms with E-state index in [1.54, 1.807) is 11.6 Å². The molecule has 1 atom stereocenters. The van der Waals surface area contributed by atoms with Gasteiger partial charge in [0.1, 0.15) is 5.82 Å². The number of aromatic nitrogens is 2. The van der Waals surface area contributed by atoms with Gasteiger partial charge in [0.25, 0.3) is 5.56 Å². The van der Waals surface area contributed by atoms with Crippen molar-refractivity contribution in [1.29, 1.82) is 0 Å². The molecule has 0 spiro atoms. The fourth-order valence-corrected chi connectivity index (χ4v) is 4.14. The van der Waals surface area contributed by atoms with Crippen LogP contribution in [0.5, 0.6) is 0 Å². The number of nitrogens with zero attached hydrogens (tertiary/aromatic N) is 3. The molecule has 1 aliphatic rings. The maximum Gasteiger partial charge on any atom is 0.261 e. The Hall–Kier alpha value is -2.17. The van der Waals surface area contributed by atoms with E-state index in [1.807, 2.05) is 29.2 Å². The third-order valence-corrected chi connectivity index (χ3v) is 5.53. The number of fused-ring (bicyclic) bond motifs is 1. The van der Waals surface area contributed by atoms with Crippen LogP contribution < -0.4 is 5.56 Å². The van der Waals surface area contributed by atoms with Crippen molar-refractivity contribution in [3.05, 3.63) is 40.4 Å². The van der Waals surface area contributed by atoms with Crippen molar-refractivity contribution in [2.24, 2.45) is 13.0 Å². The van der Waals surface area contributed by atoms with E-state index in [4.69, 9.17) is 4.98 Å². The smallest absolute Gasteiger partial charge is 0.261 e. The van der Waals surface area contributed by atoms with Crippen molar-refractivity contribution < 1.29 is 4.79 Å². The lowest BCUT2D eigenvalue weighted by Gasteiger charge is -2.33. The zero-order valence-electron chi connectivity index (χ0n) is 16.1. The lowest BCUT2D eigenvalue weighted by molar-refractivity contribution is -0.138. The van der Waals surface area contributed by atoms with E-state index in [0.29, 0.717) is 23.3 Å². The predicted octanol–water partition coefficient (Wildman–Crippen LogP) is 3.81. The fraction of sp³-hybridized carbons (Fsp3) is 0.571. The van der Waals surface area contributed by atoms with E-state index >= 15 is 0 Å². The minimum atomic E-state index is -0.162. The zero-order chi connectivity index (χ0) is 18.7. The molecule has 1 aromatic carbocycles.